The third-order valence-electron chi connectivity index (χ3n) is 7.70. The van der Waals surface area contributed by atoms with Crippen LogP contribution < -0.4 is 0 Å². The molecule has 6 rings (SSSR count). The fourth-order valence-corrected chi connectivity index (χ4v) is 6.10. The van der Waals surface area contributed by atoms with Crippen molar-refractivity contribution >= 4 is 22.3 Å². The Labute approximate surface area is 216 Å². The monoisotopic (exact) mass is 512 g/mol. The van der Waals surface area contributed by atoms with E-state index in [0.717, 1.165) is 0 Å². The fraction of sp³-hybridized carbons (Fsp3) is 0.200. The molecule has 0 radical (unpaired) electrons. The van der Waals surface area contributed by atoms with Crippen molar-refractivity contribution in [2.24, 2.45) is 0 Å². The molecule has 0 bridgehead atoms. The third-order valence-corrected chi connectivity index (χ3v) is 7.70. The largest absolute Gasteiger partial charge is 0.507 e. The molecule has 0 amide bonds. The van der Waals surface area contributed by atoms with E-state index in [2.05, 4.69) is 0 Å². The summed E-state index contributed by atoms with van der Waals surface area (Å²) in [5, 5.41) is 66.1. The molecule has 38 heavy (non-hydrogen) atoms. The van der Waals surface area contributed by atoms with Gasteiger partial charge in [0.25, 0.3) is 0 Å². The fourth-order valence-electron chi connectivity index (χ4n) is 6.10. The van der Waals surface area contributed by atoms with E-state index in [1.807, 2.05) is 0 Å². The van der Waals surface area contributed by atoms with Gasteiger partial charge in [0.1, 0.15) is 28.7 Å². The highest BCUT2D eigenvalue weighted by atomic mass is 16.3. The molecule has 0 unspecified atom stereocenters. The molecule has 0 heterocycles. The predicted molar refractivity (Wildman–Crippen MR) is 138 cm³/mol. The Bertz CT molecular complexity index is 1750. The molecule has 4 aromatic carbocycles. The molecular formula is C30H24O8. The van der Waals surface area contributed by atoms with Gasteiger partial charge < -0.3 is 30.6 Å². The number of Topliss-reactive ketones (excluding diaryl/α,β-unsaturated/α-hetero) is 1. The van der Waals surface area contributed by atoms with E-state index in [0.29, 0.717) is 22.1 Å². The Morgan fingerprint density at radius 3 is 2.26 bits per heavy atom. The maximum atomic E-state index is 13.4. The lowest BCUT2D eigenvalue weighted by Crippen LogP contribution is -2.35. The first-order valence-electron chi connectivity index (χ1n) is 12.1. The van der Waals surface area contributed by atoms with Crippen molar-refractivity contribution < 1.29 is 40.2 Å². The first-order chi connectivity index (χ1) is 17.9. The average Bonchev–Trinajstić information content (AvgIpc) is 2.82. The van der Waals surface area contributed by atoms with Crippen LogP contribution in [0.1, 0.15) is 73.4 Å². The standard InChI is InChI=1S/C30H24O8/c1-12-8-18(32)24-25(26(12)34)22(15-4-3-5-17(31)23(15)29(24)37)16-7-6-13-9-14-10-30(2,38)11-19(33)20(14)28(36)21(13)27(16)35/h3-9,22,31-32,34-36,38H,10-11H2,1-2H3/t22-,30-/m0/s1. The van der Waals surface area contributed by atoms with Crippen LogP contribution in [0.25, 0.3) is 10.8 Å². The van der Waals surface area contributed by atoms with Crippen LogP contribution in [0.2, 0.25) is 0 Å². The van der Waals surface area contributed by atoms with Gasteiger partial charge in [-0.05, 0) is 54.1 Å². The van der Waals surface area contributed by atoms with Gasteiger partial charge in [-0.2, -0.15) is 0 Å². The summed E-state index contributed by atoms with van der Waals surface area (Å²) in [7, 11) is 0. The Balaban J connectivity index is 1.69. The van der Waals surface area contributed by atoms with Gasteiger partial charge in [0.2, 0.25) is 5.78 Å². The van der Waals surface area contributed by atoms with Crippen molar-refractivity contribution in [2.45, 2.75) is 38.2 Å². The van der Waals surface area contributed by atoms with Crippen molar-refractivity contribution in [3.8, 4) is 28.7 Å². The van der Waals surface area contributed by atoms with Gasteiger partial charge in [-0.25, -0.2) is 0 Å². The van der Waals surface area contributed by atoms with E-state index < -0.39 is 28.8 Å². The number of carbonyl (C=O) groups is 2. The summed E-state index contributed by atoms with van der Waals surface area (Å²) in [5.74, 6) is -3.89. The van der Waals surface area contributed by atoms with Crippen LogP contribution in [0.15, 0.2) is 42.5 Å². The molecule has 8 nitrogen and oxygen atoms in total. The van der Waals surface area contributed by atoms with Gasteiger partial charge in [0.05, 0.1) is 27.7 Å². The number of hydrogen-bond acceptors (Lipinski definition) is 8. The van der Waals surface area contributed by atoms with Crippen LogP contribution >= 0.6 is 0 Å². The summed E-state index contributed by atoms with van der Waals surface area (Å²) in [6.07, 6.45) is -0.0337. The minimum absolute atomic E-state index is 0.00709. The Morgan fingerprint density at radius 1 is 0.789 bits per heavy atom. The second-order valence-electron chi connectivity index (χ2n) is 10.5. The lowest BCUT2D eigenvalue weighted by Gasteiger charge is -2.31. The molecule has 2 aliphatic rings. The topological polar surface area (TPSA) is 156 Å². The minimum atomic E-state index is -1.26. The van der Waals surface area contributed by atoms with Crippen LogP contribution in [-0.4, -0.2) is 47.8 Å². The van der Waals surface area contributed by atoms with Gasteiger partial charge in [-0.3, -0.25) is 9.59 Å². The molecule has 2 aliphatic carbocycles. The van der Waals surface area contributed by atoms with Crippen LogP contribution in [0.5, 0.6) is 28.7 Å². The number of fused-ring (bicyclic) bond motifs is 4. The molecule has 4 aromatic rings. The lowest BCUT2D eigenvalue weighted by atomic mass is 9.72. The minimum Gasteiger partial charge on any atom is -0.507 e. The van der Waals surface area contributed by atoms with E-state index in [1.165, 1.54) is 18.2 Å². The van der Waals surface area contributed by atoms with E-state index in [-0.39, 0.29) is 69.0 Å². The number of phenols is 5. The zero-order chi connectivity index (χ0) is 27.3. The molecule has 0 spiro atoms. The highest BCUT2D eigenvalue weighted by Crippen LogP contribution is 2.53. The van der Waals surface area contributed by atoms with Crippen LogP contribution in [0.4, 0.5) is 0 Å². The van der Waals surface area contributed by atoms with Gasteiger partial charge in [0, 0.05) is 29.9 Å². The van der Waals surface area contributed by atoms with Crippen LogP contribution in [-0.2, 0) is 6.42 Å². The van der Waals surface area contributed by atoms with Crippen molar-refractivity contribution in [3.05, 3.63) is 87.0 Å². The summed E-state index contributed by atoms with van der Waals surface area (Å²) in [6, 6.07) is 10.6. The highest BCUT2D eigenvalue weighted by Gasteiger charge is 2.41. The molecule has 0 fully saturated rings. The maximum absolute atomic E-state index is 13.4. The Morgan fingerprint density at radius 2 is 1.53 bits per heavy atom. The van der Waals surface area contributed by atoms with Crippen molar-refractivity contribution in [1.29, 1.82) is 0 Å². The maximum Gasteiger partial charge on any atom is 0.201 e. The Hall–Kier alpha value is -4.56. The number of carbonyl (C=O) groups excluding carboxylic acids is 2. The Kier molecular flexibility index (Phi) is 4.84. The molecule has 0 saturated heterocycles. The molecule has 192 valence electrons. The van der Waals surface area contributed by atoms with E-state index in [4.69, 9.17) is 0 Å². The first-order valence-corrected chi connectivity index (χ1v) is 12.1. The highest BCUT2D eigenvalue weighted by molar-refractivity contribution is 6.17. The summed E-state index contributed by atoms with van der Waals surface area (Å²) < 4.78 is 0. The molecule has 0 aliphatic heterocycles. The zero-order valence-electron chi connectivity index (χ0n) is 20.5. The first kappa shape index (κ1) is 23.8. The molecule has 2 atom stereocenters. The number of aryl methyl sites for hydroxylation is 1. The quantitative estimate of drug-likeness (QED) is 0.182. The van der Waals surface area contributed by atoms with Gasteiger partial charge in [0.15, 0.2) is 5.78 Å². The number of hydrogen-bond donors (Lipinski definition) is 6. The van der Waals surface area contributed by atoms with Crippen molar-refractivity contribution in [2.75, 3.05) is 0 Å². The van der Waals surface area contributed by atoms with Crippen molar-refractivity contribution in [1.82, 2.24) is 0 Å². The summed E-state index contributed by atoms with van der Waals surface area (Å²) in [6.45, 7) is 3.11. The van der Waals surface area contributed by atoms with Gasteiger partial charge >= 0.3 is 0 Å². The molecule has 8 heteroatoms. The molecule has 6 N–H and O–H groups in total. The normalized spacial score (nSPS) is 20.2. The second kappa shape index (κ2) is 7.72. The second-order valence-corrected chi connectivity index (χ2v) is 10.5. The van der Waals surface area contributed by atoms with Crippen LogP contribution in [0, 0.1) is 6.92 Å². The number of aliphatic hydroxyl groups is 1. The molecular weight excluding hydrogens is 488 g/mol. The predicted octanol–water partition coefficient (Wildman–Crippen LogP) is 4.28. The third kappa shape index (κ3) is 3.13. The smallest absolute Gasteiger partial charge is 0.201 e. The summed E-state index contributed by atoms with van der Waals surface area (Å²) in [4.78, 5) is 26.3. The number of ketones is 2. The zero-order valence-corrected chi connectivity index (χ0v) is 20.5. The van der Waals surface area contributed by atoms with E-state index >= 15 is 0 Å². The van der Waals surface area contributed by atoms with E-state index in [9.17, 15) is 40.2 Å². The average molecular weight is 513 g/mol. The van der Waals surface area contributed by atoms with Gasteiger partial charge in [-0.1, -0.05) is 24.3 Å². The van der Waals surface area contributed by atoms with E-state index in [1.54, 1.807) is 38.1 Å². The summed E-state index contributed by atoms with van der Waals surface area (Å²) in [5.41, 5.74) is -0.189. The summed E-state index contributed by atoms with van der Waals surface area (Å²) >= 11 is 0. The molecule has 0 aromatic heterocycles. The number of phenolic OH excluding ortho intramolecular Hbond substituents is 5. The number of benzene rings is 4. The lowest BCUT2D eigenvalue weighted by molar-refractivity contribution is 0.0409. The van der Waals surface area contributed by atoms with Crippen molar-refractivity contribution in [3.63, 3.8) is 0 Å². The number of aromatic hydroxyl groups is 5. The van der Waals surface area contributed by atoms with Crippen LogP contribution in [0.3, 0.4) is 0 Å². The SMILES string of the molecule is Cc1cc(O)c2c(c1O)[C@H](c1ccc3cc4c(c(O)c3c1O)C(=O)C[C@@](C)(O)C4)c1cccc(O)c1C2=O. The number of rotatable bonds is 1. The molecule has 0 saturated carbocycles. The van der Waals surface area contributed by atoms with Gasteiger partial charge in [-0.15, -0.1) is 0 Å².